The maximum atomic E-state index is 5.76. The summed E-state index contributed by atoms with van der Waals surface area (Å²) in [6.07, 6.45) is 6.96. The second-order valence-electron chi connectivity index (χ2n) is 6.56. The molecule has 0 aliphatic carbocycles. The Balaban J connectivity index is 1.35. The van der Waals surface area contributed by atoms with E-state index in [1.165, 1.54) is 19.3 Å². The summed E-state index contributed by atoms with van der Waals surface area (Å²) in [4.78, 5) is 4.27. The molecule has 8 heteroatoms. The van der Waals surface area contributed by atoms with E-state index in [4.69, 9.17) is 9.47 Å². The molecule has 2 aliphatic rings. The number of aromatic nitrogens is 3. The first-order chi connectivity index (χ1) is 12.4. The van der Waals surface area contributed by atoms with Crippen molar-refractivity contribution in [2.75, 3.05) is 33.4 Å². The zero-order valence-electron chi connectivity index (χ0n) is 15.2. The minimum atomic E-state index is 0.278. The van der Waals surface area contributed by atoms with E-state index in [0.717, 1.165) is 69.8 Å². The molecule has 2 N–H and O–H groups in total. The number of fused-ring (bicyclic) bond motifs is 1. The second-order valence-corrected chi connectivity index (χ2v) is 6.56. The highest BCUT2D eigenvalue weighted by Gasteiger charge is 2.16. The first-order valence-corrected chi connectivity index (χ1v) is 9.41. The molecule has 3 rings (SSSR count). The van der Waals surface area contributed by atoms with Gasteiger partial charge in [0.25, 0.3) is 0 Å². The third-order valence-electron chi connectivity index (χ3n) is 4.68. The molecule has 1 unspecified atom stereocenters. The zero-order valence-corrected chi connectivity index (χ0v) is 15.2. The first kappa shape index (κ1) is 18.1. The summed E-state index contributed by atoms with van der Waals surface area (Å²) >= 11 is 0. The molecule has 1 fully saturated rings. The number of rotatable bonds is 7. The van der Waals surface area contributed by atoms with Crippen molar-refractivity contribution in [3.63, 3.8) is 0 Å². The average Bonchev–Trinajstić information content (AvgIpc) is 3.22. The lowest BCUT2D eigenvalue weighted by Gasteiger charge is -2.13. The molecule has 1 aromatic rings. The summed E-state index contributed by atoms with van der Waals surface area (Å²) in [7, 11) is 1.78. The molecule has 0 aromatic carbocycles. The highest BCUT2D eigenvalue weighted by molar-refractivity contribution is 5.79. The number of aliphatic imine (C=N–C) groups is 1. The maximum Gasteiger partial charge on any atom is 0.191 e. The molecule has 3 heterocycles. The molecule has 8 nitrogen and oxygen atoms in total. The molecule has 0 bridgehead atoms. The van der Waals surface area contributed by atoms with Crippen molar-refractivity contribution in [2.24, 2.45) is 4.99 Å². The van der Waals surface area contributed by atoms with Crippen LogP contribution in [-0.2, 0) is 29.0 Å². The first-order valence-electron chi connectivity index (χ1n) is 9.41. The van der Waals surface area contributed by atoms with E-state index in [1.807, 2.05) is 0 Å². The fourth-order valence-electron chi connectivity index (χ4n) is 3.23. The predicted molar refractivity (Wildman–Crippen MR) is 95.6 cm³/mol. The Kier molecular flexibility index (Phi) is 7.05. The molecular formula is C17H30N6O2. The van der Waals surface area contributed by atoms with Gasteiger partial charge >= 0.3 is 0 Å². The number of aryl methyl sites for hydroxylation is 1. The Bertz CT molecular complexity index is 553. The van der Waals surface area contributed by atoms with Crippen molar-refractivity contribution in [3.8, 4) is 0 Å². The number of guanidine groups is 1. The van der Waals surface area contributed by atoms with E-state index >= 15 is 0 Å². The van der Waals surface area contributed by atoms with Crippen LogP contribution in [0.25, 0.3) is 0 Å². The van der Waals surface area contributed by atoms with Crippen LogP contribution in [-0.4, -0.2) is 60.2 Å². The van der Waals surface area contributed by atoms with Crippen LogP contribution in [0.3, 0.4) is 0 Å². The van der Waals surface area contributed by atoms with Gasteiger partial charge in [0.15, 0.2) is 11.8 Å². The molecule has 2 aliphatic heterocycles. The summed E-state index contributed by atoms with van der Waals surface area (Å²) < 4.78 is 13.3. The molecule has 0 radical (unpaired) electrons. The van der Waals surface area contributed by atoms with Crippen LogP contribution in [0.2, 0.25) is 0 Å². The van der Waals surface area contributed by atoms with E-state index in [1.54, 1.807) is 7.05 Å². The fourth-order valence-corrected chi connectivity index (χ4v) is 3.23. The fraction of sp³-hybridized carbons (Fsp3) is 0.824. The van der Waals surface area contributed by atoms with Crippen molar-refractivity contribution in [1.82, 2.24) is 25.4 Å². The topological polar surface area (TPSA) is 85.6 Å². The van der Waals surface area contributed by atoms with Crippen molar-refractivity contribution in [3.05, 3.63) is 11.6 Å². The van der Waals surface area contributed by atoms with E-state index in [9.17, 15) is 0 Å². The highest BCUT2D eigenvalue weighted by atomic mass is 16.5. The van der Waals surface area contributed by atoms with Crippen molar-refractivity contribution >= 4 is 5.96 Å². The molecule has 140 valence electrons. The minimum absolute atomic E-state index is 0.278. The lowest BCUT2D eigenvalue weighted by molar-refractivity contribution is 0.0420. The van der Waals surface area contributed by atoms with Gasteiger partial charge < -0.3 is 24.7 Å². The van der Waals surface area contributed by atoms with Crippen LogP contribution in [0.15, 0.2) is 4.99 Å². The zero-order chi connectivity index (χ0) is 17.3. The largest absolute Gasteiger partial charge is 0.379 e. The quantitative estimate of drug-likeness (QED) is 0.431. The van der Waals surface area contributed by atoms with Crippen molar-refractivity contribution in [1.29, 1.82) is 0 Å². The van der Waals surface area contributed by atoms with Gasteiger partial charge in [-0.2, -0.15) is 0 Å². The van der Waals surface area contributed by atoms with Crippen LogP contribution in [0.4, 0.5) is 0 Å². The van der Waals surface area contributed by atoms with Crippen LogP contribution >= 0.6 is 0 Å². The smallest absolute Gasteiger partial charge is 0.191 e. The maximum absolute atomic E-state index is 5.76. The molecule has 1 aromatic heterocycles. The lowest BCUT2D eigenvalue weighted by atomic mass is 10.2. The van der Waals surface area contributed by atoms with E-state index in [2.05, 4.69) is 30.4 Å². The Morgan fingerprint density at radius 3 is 3.12 bits per heavy atom. The Morgan fingerprint density at radius 2 is 2.28 bits per heavy atom. The van der Waals surface area contributed by atoms with Gasteiger partial charge in [-0.1, -0.05) is 6.42 Å². The van der Waals surface area contributed by atoms with Crippen molar-refractivity contribution < 1.29 is 9.47 Å². The molecule has 0 spiro atoms. The summed E-state index contributed by atoms with van der Waals surface area (Å²) in [5, 5.41) is 15.3. The number of hydrogen-bond donors (Lipinski definition) is 2. The van der Waals surface area contributed by atoms with E-state index in [0.29, 0.717) is 6.54 Å². The highest BCUT2D eigenvalue weighted by Crippen LogP contribution is 2.14. The van der Waals surface area contributed by atoms with E-state index in [-0.39, 0.29) is 6.10 Å². The number of nitrogens with zero attached hydrogens (tertiary/aromatic N) is 4. The average molecular weight is 350 g/mol. The van der Waals surface area contributed by atoms with Gasteiger partial charge in [0.2, 0.25) is 0 Å². The van der Waals surface area contributed by atoms with Gasteiger partial charge in [0.05, 0.1) is 19.3 Å². The summed E-state index contributed by atoms with van der Waals surface area (Å²) in [6, 6.07) is 0. The SMILES string of the molecule is CN=C(NCCCOC1CCOC1)NCc1nnc2n1CCCCC2. The molecular weight excluding hydrogens is 320 g/mol. The Labute approximate surface area is 149 Å². The Morgan fingerprint density at radius 1 is 1.32 bits per heavy atom. The van der Waals surface area contributed by atoms with Crippen molar-refractivity contribution in [2.45, 2.75) is 57.7 Å². The molecule has 1 atom stereocenters. The van der Waals surface area contributed by atoms with Gasteiger partial charge in [-0.25, -0.2) is 0 Å². The second kappa shape index (κ2) is 9.72. The number of ether oxygens (including phenoxy) is 2. The molecule has 1 saturated heterocycles. The van der Waals surface area contributed by atoms with Crippen LogP contribution < -0.4 is 10.6 Å². The van der Waals surface area contributed by atoms with Gasteiger partial charge in [0, 0.05) is 39.8 Å². The standard InChI is InChI=1S/C17H30N6O2/c1-18-17(19-8-5-10-25-14-7-11-24-13-14)20-12-16-22-21-15-6-3-2-4-9-23(15)16/h14H,2-13H2,1H3,(H2,18,19,20). The van der Waals surface area contributed by atoms with E-state index < -0.39 is 0 Å². The van der Waals surface area contributed by atoms with Gasteiger partial charge in [0.1, 0.15) is 5.82 Å². The number of nitrogens with one attached hydrogen (secondary N) is 2. The monoisotopic (exact) mass is 350 g/mol. The summed E-state index contributed by atoms with van der Waals surface area (Å²) in [5.41, 5.74) is 0. The third-order valence-corrected chi connectivity index (χ3v) is 4.68. The molecule has 25 heavy (non-hydrogen) atoms. The summed E-state index contributed by atoms with van der Waals surface area (Å²) in [5.74, 6) is 2.89. The lowest BCUT2D eigenvalue weighted by Crippen LogP contribution is -2.38. The van der Waals surface area contributed by atoms with Crippen LogP contribution in [0, 0.1) is 0 Å². The minimum Gasteiger partial charge on any atom is -0.379 e. The molecule has 0 saturated carbocycles. The van der Waals surface area contributed by atoms with Crippen LogP contribution in [0.5, 0.6) is 0 Å². The third kappa shape index (κ3) is 5.40. The normalized spacial score (nSPS) is 21.0. The number of hydrogen-bond acceptors (Lipinski definition) is 5. The Hall–Kier alpha value is -1.67. The molecule has 0 amide bonds. The van der Waals surface area contributed by atoms with Gasteiger partial charge in [-0.3, -0.25) is 4.99 Å². The summed E-state index contributed by atoms with van der Waals surface area (Å²) in [6.45, 7) is 4.79. The van der Waals surface area contributed by atoms with Gasteiger partial charge in [-0.15, -0.1) is 10.2 Å². The van der Waals surface area contributed by atoms with Gasteiger partial charge in [-0.05, 0) is 25.7 Å². The van der Waals surface area contributed by atoms with Crippen LogP contribution in [0.1, 0.15) is 43.8 Å². The predicted octanol–water partition coefficient (Wildman–Crippen LogP) is 0.865.